The monoisotopic (exact) mass is 290 g/mol. The van der Waals surface area contributed by atoms with Crippen molar-refractivity contribution in [3.05, 3.63) is 63.9 Å². The summed E-state index contributed by atoms with van der Waals surface area (Å²) >= 11 is 5.71. The highest BCUT2D eigenvalue weighted by Gasteiger charge is 2.22. The molecule has 0 spiro atoms. The van der Waals surface area contributed by atoms with E-state index in [9.17, 15) is 9.18 Å². The first kappa shape index (κ1) is 13.1. The van der Waals surface area contributed by atoms with Crippen LogP contribution < -0.4 is 4.74 Å². The van der Waals surface area contributed by atoms with Crippen LogP contribution in [-0.2, 0) is 6.42 Å². The minimum atomic E-state index is -0.677. The molecule has 0 amide bonds. The van der Waals surface area contributed by atoms with Gasteiger partial charge in [-0.15, -0.1) is 0 Å². The molecule has 0 bridgehead atoms. The predicted octanol–water partition coefficient (Wildman–Crippen LogP) is 4.03. The van der Waals surface area contributed by atoms with E-state index in [1.54, 1.807) is 24.3 Å². The number of benzene rings is 2. The highest BCUT2D eigenvalue weighted by Crippen LogP contribution is 2.30. The van der Waals surface area contributed by atoms with Gasteiger partial charge in [0.05, 0.1) is 10.6 Å². The molecule has 0 N–H and O–H groups in total. The first-order chi connectivity index (χ1) is 9.56. The Kier molecular flexibility index (Phi) is 3.22. The summed E-state index contributed by atoms with van der Waals surface area (Å²) in [5.74, 6) is -0.253. The van der Waals surface area contributed by atoms with Gasteiger partial charge >= 0.3 is 0 Å². The lowest BCUT2D eigenvalue weighted by molar-refractivity contribution is 0.103. The maximum absolute atomic E-state index is 13.9. The number of hydrogen-bond donors (Lipinski definition) is 0. The van der Waals surface area contributed by atoms with Crippen molar-refractivity contribution >= 4 is 17.4 Å². The van der Waals surface area contributed by atoms with Gasteiger partial charge in [0, 0.05) is 12.0 Å². The molecule has 0 radical (unpaired) electrons. The molecule has 1 unspecified atom stereocenters. The van der Waals surface area contributed by atoms with E-state index in [2.05, 4.69) is 0 Å². The first-order valence-corrected chi connectivity index (χ1v) is 6.72. The Labute approximate surface area is 121 Å². The molecule has 2 aromatic rings. The summed E-state index contributed by atoms with van der Waals surface area (Å²) in [6, 6.07) is 9.61. The average Bonchev–Trinajstić information content (AvgIpc) is 2.80. The maximum Gasteiger partial charge on any atom is 0.196 e. The number of carbonyl (C=O) groups is 1. The predicted molar refractivity (Wildman–Crippen MR) is 75.1 cm³/mol. The molecule has 1 atom stereocenters. The van der Waals surface area contributed by atoms with Gasteiger partial charge in [-0.3, -0.25) is 4.79 Å². The second-order valence-electron chi connectivity index (χ2n) is 4.89. The van der Waals surface area contributed by atoms with Crippen molar-refractivity contribution < 1.29 is 13.9 Å². The van der Waals surface area contributed by atoms with Crippen molar-refractivity contribution in [2.75, 3.05) is 0 Å². The van der Waals surface area contributed by atoms with Crippen LogP contribution >= 0.6 is 11.6 Å². The van der Waals surface area contributed by atoms with Gasteiger partial charge in [-0.25, -0.2) is 4.39 Å². The summed E-state index contributed by atoms with van der Waals surface area (Å²) < 4.78 is 19.5. The third kappa shape index (κ3) is 2.18. The van der Waals surface area contributed by atoms with E-state index in [0.29, 0.717) is 5.56 Å². The molecule has 102 valence electrons. The fraction of sp³-hybridized carbons (Fsp3) is 0.188. The number of ketones is 1. The molecule has 0 aliphatic carbocycles. The van der Waals surface area contributed by atoms with Gasteiger partial charge in [-0.1, -0.05) is 17.7 Å². The molecule has 1 heterocycles. The molecule has 1 aliphatic heterocycles. The van der Waals surface area contributed by atoms with Crippen LogP contribution in [0.25, 0.3) is 0 Å². The lowest BCUT2D eigenvalue weighted by Gasteiger charge is -2.06. The van der Waals surface area contributed by atoms with Gasteiger partial charge in [0.15, 0.2) is 11.6 Å². The molecular weight excluding hydrogens is 279 g/mol. The Morgan fingerprint density at radius 1 is 1.35 bits per heavy atom. The molecule has 2 aromatic carbocycles. The third-order valence-corrected chi connectivity index (χ3v) is 3.65. The summed E-state index contributed by atoms with van der Waals surface area (Å²) in [4.78, 5) is 12.4. The minimum absolute atomic E-state index is 0.00980. The zero-order valence-electron chi connectivity index (χ0n) is 10.8. The highest BCUT2D eigenvalue weighted by atomic mass is 35.5. The van der Waals surface area contributed by atoms with Gasteiger partial charge in [0.2, 0.25) is 0 Å². The van der Waals surface area contributed by atoms with Crippen LogP contribution in [0, 0.1) is 5.82 Å². The Bertz CT molecular complexity index is 697. The van der Waals surface area contributed by atoms with Gasteiger partial charge in [0.1, 0.15) is 11.9 Å². The minimum Gasteiger partial charge on any atom is -0.490 e. The van der Waals surface area contributed by atoms with Crippen LogP contribution in [-0.4, -0.2) is 11.9 Å². The molecule has 4 heteroatoms. The lowest BCUT2D eigenvalue weighted by Crippen LogP contribution is -2.05. The summed E-state index contributed by atoms with van der Waals surface area (Å²) in [6.45, 7) is 1.97. The van der Waals surface area contributed by atoms with Crippen molar-refractivity contribution in [2.45, 2.75) is 19.4 Å². The standard InChI is InChI=1S/C16H12ClFO2/c1-9-7-11-8-10(5-6-14(11)20-9)16(19)12-3-2-4-13(17)15(12)18/h2-6,8-9H,7H2,1H3. The molecule has 3 rings (SSSR count). The molecule has 0 fully saturated rings. The fourth-order valence-electron chi connectivity index (χ4n) is 2.40. The Morgan fingerprint density at radius 2 is 2.15 bits per heavy atom. The van der Waals surface area contributed by atoms with E-state index >= 15 is 0 Å². The second-order valence-corrected chi connectivity index (χ2v) is 5.29. The first-order valence-electron chi connectivity index (χ1n) is 6.34. The number of halogens is 2. The van der Waals surface area contributed by atoms with Gasteiger partial charge in [-0.05, 0) is 42.8 Å². The Hall–Kier alpha value is -1.87. The largest absolute Gasteiger partial charge is 0.490 e. The zero-order valence-corrected chi connectivity index (χ0v) is 11.6. The normalized spacial score (nSPS) is 16.6. The Balaban J connectivity index is 2.00. The van der Waals surface area contributed by atoms with Crippen molar-refractivity contribution in [2.24, 2.45) is 0 Å². The summed E-state index contributed by atoms with van der Waals surface area (Å²) in [5.41, 5.74) is 1.41. The van der Waals surface area contributed by atoms with Crippen LogP contribution in [0.1, 0.15) is 28.4 Å². The van der Waals surface area contributed by atoms with Crippen molar-refractivity contribution in [1.82, 2.24) is 0 Å². The summed E-state index contributed by atoms with van der Waals surface area (Å²) in [6.07, 6.45) is 0.868. The van der Waals surface area contributed by atoms with Gasteiger partial charge in [-0.2, -0.15) is 0 Å². The lowest BCUT2D eigenvalue weighted by atomic mass is 9.99. The smallest absolute Gasteiger partial charge is 0.196 e. The molecule has 20 heavy (non-hydrogen) atoms. The Morgan fingerprint density at radius 3 is 2.95 bits per heavy atom. The summed E-state index contributed by atoms with van der Waals surface area (Å²) in [5, 5.41) is -0.0473. The molecule has 2 nitrogen and oxygen atoms in total. The number of rotatable bonds is 2. The molecular formula is C16H12ClFO2. The van der Waals surface area contributed by atoms with Gasteiger partial charge in [0.25, 0.3) is 0 Å². The van der Waals surface area contributed by atoms with Crippen molar-refractivity contribution in [3.8, 4) is 5.75 Å². The van der Waals surface area contributed by atoms with E-state index in [1.165, 1.54) is 12.1 Å². The van der Waals surface area contributed by atoms with Crippen molar-refractivity contribution in [1.29, 1.82) is 0 Å². The van der Waals surface area contributed by atoms with E-state index in [1.807, 2.05) is 6.92 Å². The maximum atomic E-state index is 13.9. The van der Waals surface area contributed by atoms with E-state index in [0.717, 1.165) is 17.7 Å². The number of hydrogen-bond acceptors (Lipinski definition) is 2. The highest BCUT2D eigenvalue weighted by molar-refractivity contribution is 6.31. The number of ether oxygens (including phenoxy) is 1. The molecule has 0 saturated carbocycles. The van der Waals surface area contributed by atoms with Crippen LogP contribution in [0.5, 0.6) is 5.75 Å². The third-order valence-electron chi connectivity index (χ3n) is 3.35. The summed E-state index contributed by atoms with van der Waals surface area (Å²) in [7, 11) is 0. The van der Waals surface area contributed by atoms with E-state index in [4.69, 9.17) is 16.3 Å². The molecule has 0 aromatic heterocycles. The second kappa shape index (κ2) is 4.91. The topological polar surface area (TPSA) is 26.3 Å². The van der Waals surface area contributed by atoms with Crippen LogP contribution in [0.15, 0.2) is 36.4 Å². The average molecular weight is 291 g/mol. The van der Waals surface area contributed by atoms with Crippen LogP contribution in [0.2, 0.25) is 5.02 Å². The number of fused-ring (bicyclic) bond motifs is 1. The number of carbonyl (C=O) groups excluding carboxylic acids is 1. The molecule has 1 aliphatic rings. The van der Waals surface area contributed by atoms with E-state index < -0.39 is 5.82 Å². The fourth-order valence-corrected chi connectivity index (χ4v) is 2.57. The van der Waals surface area contributed by atoms with E-state index in [-0.39, 0.29) is 22.5 Å². The molecule has 0 saturated heterocycles. The van der Waals surface area contributed by atoms with Crippen molar-refractivity contribution in [3.63, 3.8) is 0 Å². The van der Waals surface area contributed by atoms with Gasteiger partial charge < -0.3 is 4.74 Å². The zero-order chi connectivity index (χ0) is 14.3. The van der Waals surface area contributed by atoms with Crippen LogP contribution in [0.4, 0.5) is 4.39 Å². The van der Waals surface area contributed by atoms with Crippen LogP contribution in [0.3, 0.4) is 0 Å². The quantitative estimate of drug-likeness (QED) is 0.781. The SMILES string of the molecule is CC1Cc2cc(C(=O)c3cccc(Cl)c3F)ccc2O1.